The lowest BCUT2D eigenvalue weighted by atomic mass is 10.1. The summed E-state index contributed by atoms with van der Waals surface area (Å²) >= 11 is 0. The second-order valence-corrected chi connectivity index (χ2v) is 4.83. The molecule has 1 amide bonds. The molecule has 0 aromatic heterocycles. The minimum atomic E-state index is -0.118. The quantitative estimate of drug-likeness (QED) is 0.773. The van der Waals surface area contributed by atoms with Crippen molar-refractivity contribution in [1.29, 1.82) is 0 Å². The molecule has 0 saturated carbocycles. The number of aryl methyl sites for hydroxylation is 1. The SMILES string of the molecule is COCC(N)CN(C)C(=O)CCCc1ccccc1. The van der Waals surface area contributed by atoms with Gasteiger partial charge >= 0.3 is 0 Å². The van der Waals surface area contributed by atoms with Crippen LogP contribution in [0.25, 0.3) is 0 Å². The van der Waals surface area contributed by atoms with Crippen LogP contribution in [0.15, 0.2) is 30.3 Å². The van der Waals surface area contributed by atoms with Crippen molar-refractivity contribution < 1.29 is 9.53 Å². The highest BCUT2D eigenvalue weighted by Crippen LogP contribution is 2.06. The molecule has 4 heteroatoms. The maximum absolute atomic E-state index is 11.9. The Labute approximate surface area is 115 Å². The topological polar surface area (TPSA) is 55.6 Å². The van der Waals surface area contributed by atoms with E-state index in [1.165, 1.54) is 5.56 Å². The normalized spacial score (nSPS) is 12.2. The number of methoxy groups -OCH3 is 1. The lowest BCUT2D eigenvalue weighted by Gasteiger charge is -2.21. The van der Waals surface area contributed by atoms with E-state index in [0.717, 1.165) is 12.8 Å². The van der Waals surface area contributed by atoms with Crippen LogP contribution in [0.5, 0.6) is 0 Å². The first-order valence-electron chi connectivity index (χ1n) is 6.66. The van der Waals surface area contributed by atoms with Gasteiger partial charge in [-0.2, -0.15) is 0 Å². The van der Waals surface area contributed by atoms with Crippen LogP contribution >= 0.6 is 0 Å². The second-order valence-electron chi connectivity index (χ2n) is 4.83. The van der Waals surface area contributed by atoms with Crippen LogP contribution in [0.4, 0.5) is 0 Å². The molecule has 0 bridgehead atoms. The summed E-state index contributed by atoms with van der Waals surface area (Å²) in [6, 6.07) is 10.1. The third-order valence-electron chi connectivity index (χ3n) is 3.01. The molecule has 2 N–H and O–H groups in total. The fourth-order valence-electron chi connectivity index (χ4n) is 2.00. The lowest BCUT2D eigenvalue weighted by molar-refractivity contribution is -0.130. The first-order chi connectivity index (χ1) is 9.13. The molecule has 1 aromatic carbocycles. The molecule has 0 radical (unpaired) electrons. The van der Waals surface area contributed by atoms with Crippen molar-refractivity contribution in [2.45, 2.75) is 25.3 Å². The van der Waals surface area contributed by atoms with Gasteiger partial charge in [0.15, 0.2) is 0 Å². The first kappa shape index (κ1) is 15.7. The molecule has 0 fully saturated rings. The third-order valence-corrected chi connectivity index (χ3v) is 3.01. The first-order valence-corrected chi connectivity index (χ1v) is 6.66. The molecule has 4 nitrogen and oxygen atoms in total. The van der Waals surface area contributed by atoms with E-state index in [-0.39, 0.29) is 11.9 Å². The van der Waals surface area contributed by atoms with Crippen LogP contribution in [-0.4, -0.2) is 44.2 Å². The maximum Gasteiger partial charge on any atom is 0.222 e. The van der Waals surface area contributed by atoms with Crippen molar-refractivity contribution in [1.82, 2.24) is 4.90 Å². The highest BCUT2D eigenvalue weighted by molar-refractivity contribution is 5.75. The number of benzene rings is 1. The summed E-state index contributed by atoms with van der Waals surface area (Å²) in [6.45, 7) is 1.01. The van der Waals surface area contributed by atoms with Gasteiger partial charge in [0, 0.05) is 33.2 Å². The Kier molecular flexibility index (Phi) is 7.15. The Morgan fingerprint density at radius 3 is 2.68 bits per heavy atom. The van der Waals surface area contributed by atoms with Gasteiger partial charge in [0.1, 0.15) is 0 Å². The van der Waals surface area contributed by atoms with Crippen LogP contribution in [-0.2, 0) is 16.0 Å². The van der Waals surface area contributed by atoms with Crippen molar-refractivity contribution in [2.75, 3.05) is 27.3 Å². The van der Waals surface area contributed by atoms with Gasteiger partial charge in [0.05, 0.1) is 6.61 Å². The van der Waals surface area contributed by atoms with Crippen molar-refractivity contribution in [2.24, 2.45) is 5.73 Å². The largest absolute Gasteiger partial charge is 0.383 e. The van der Waals surface area contributed by atoms with E-state index in [1.807, 2.05) is 18.2 Å². The molecule has 1 rings (SSSR count). The monoisotopic (exact) mass is 264 g/mol. The molecule has 1 aromatic rings. The zero-order valence-corrected chi connectivity index (χ0v) is 11.8. The van der Waals surface area contributed by atoms with Gasteiger partial charge in [-0.3, -0.25) is 4.79 Å². The summed E-state index contributed by atoms with van der Waals surface area (Å²) in [6.07, 6.45) is 2.36. The Balaban J connectivity index is 2.23. The minimum absolute atomic E-state index is 0.118. The fraction of sp³-hybridized carbons (Fsp3) is 0.533. The second kappa shape index (κ2) is 8.67. The molecule has 1 atom stereocenters. The molecule has 106 valence electrons. The number of ether oxygens (including phenoxy) is 1. The van der Waals surface area contributed by atoms with Crippen molar-refractivity contribution in [3.8, 4) is 0 Å². The molecule has 1 unspecified atom stereocenters. The van der Waals surface area contributed by atoms with Gasteiger partial charge < -0.3 is 15.4 Å². The van der Waals surface area contributed by atoms with E-state index in [9.17, 15) is 4.79 Å². The van der Waals surface area contributed by atoms with E-state index < -0.39 is 0 Å². The highest BCUT2D eigenvalue weighted by atomic mass is 16.5. The van der Waals surface area contributed by atoms with Gasteiger partial charge in [-0.15, -0.1) is 0 Å². The highest BCUT2D eigenvalue weighted by Gasteiger charge is 2.12. The predicted molar refractivity (Wildman–Crippen MR) is 76.9 cm³/mol. The van der Waals surface area contributed by atoms with Crippen LogP contribution in [0.1, 0.15) is 18.4 Å². The number of carbonyl (C=O) groups excluding carboxylic acids is 1. The number of nitrogens with zero attached hydrogens (tertiary/aromatic N) is 1. The zero-order chi connectivity index (χ0) is 14.1. The average molecular weight is 264 g/mol. The van der Waals surface area contributed by atoms with Crippen LogP contribution in [0, 0.1) is 0 Å². The number of amides is 1. The van der Waals surface area contributed by atoms with Gasteiger partial charge in [0.25, 0.3) is 0 Å². The van der Waals surface area contributed by atoms with Crippen molar-refractivity contribution in [3.05, 3.63) is 35.9 Å². The number of carbonyl (C=O) groups is 1. The standard InChI is InChI=1S/C15H24N2O2/c1-17(11-14(16)12-19-2)15(18)10-6-9-13-7-4-3-5-8-13/h3-5,7-8,14H,6,9-12,16H2,1-2H3. The molecule has 0 aliphatic heterocycles. The summed E-state index contributed by atoms with van der Waals surface area (Å²) in [5, 5.41) is 0. The van der Waals surface area contributed by atoms with E-state index >= 15 is 0 Å². The Morgan fingerprint density at radius 2 is 2.05 bits per heavy atom. The summed E-state index contributed by atoms with van der Waals surface area (Å²) in [5.74, 6) is 0.141. The van der Waals surface area contributed by atoms with Gasteiger partial charge in [-0.05, 0) is 18.4 Å². The number of rotatable bonds is 8. The Hall–Kier alpha value is -1.39. The van der Waals surface area contributed by atoms with E-state index in [0.29, 0.717) is 19.6 Å². The molecule has 19 heavy (non-hydrogen) atoms. The van der Waals surface area contributed by atoms with Crippen LogP contribution in [0.2, 0.25) is 0 Å². The van der Waals surface area contributed by atoms with Crippen LogP contribution < -0.4 is 5.73 Å². The predicted octanol–water partition coefficient (Wildman–Crippen LogP) is 1.44. The molecule has 0 spiro atoms. The molecular weight excluding hydrogens is 240 g/mol. The molecular formula is C15H24N2O2. The van der Waals surface area contributed by atoms with Gasteiger partial charge in [-0.1, -0.05) is 30.3 Å². The zero-order valence-electron chi connectivity index (χ0n) is 11.8. The summed E-state index contributed by atoms with van der Waals surface area (Å²) in [7, 11) is 3.40. The summed E-state index contributed by atoms with van der Waals surface area (Å²) in [5.41, 5.74) is 7.10. The van der Waals surface area contributed by atoms with Crippen molar-refractivity contribution >= 4 is 5.91 Å². The van der Waals surface area contributed by atoms with Crippen molar-refractivity contribution in [3.63, 3.8) is 0 Å². The van der Waals surface area contributed by atoms with E-state index in [2.05, 4.69) is 12.1 Å². The molecule has 0 saturated heterocycles. The van der Waals surface area contributed by atoms with E-state index in [1.54, 1.807) is 19.1 Å². The lowest BCUT2D eigenvalue weighted by Crippen LogP contribution is -2.41. The molecule has 0 aliphatic carbocycles. The van der Waals surface area contributed by atoms with E-state index in [4.69, 9.17) is 10.5 Å². The number of hydrogen-bond acceptors (Lipinski definition) is 3. The number of likely N-dealkylation sites (N-methyl/N-ethyl adjacent to an activating group) is 1. The Bertz CT molecular complexity index is 368. The number of hydrogen-bond donors (Lipinski definition) is 1. The molecule has 0 aliphatic rings. The fourth-order valence-corrected chi connectivity index (χ4v) is 2.00. The number of nitrogens with two attached hydrogens (primary N) is 1. The average Bonchev–Trinajstić information content (AvgIpc) is 2.40. The smallest absolute Gasteiger partial charge is 0.222 e. The van der Waals surface area contributed by atoms with Gasteiger partial charge in [-0.25, -0.2) is 0 Å². The van der Waals surface area contributed by atoms with Crippen LogP contribution in [0.3, 0.4) is 0 Å². The third kappa shape index (κ3) is 6.36. The summed E-state index contributed by atoms with van der Waals surface area (Å²) in [4.78, 5) is 13.6. The van der Waals surface area contributed by atoms with Gasteiger partial charge in [0.2, 0.25) is 5.91 Å². The summed E-state index contributed by atoms with van der Waals surface area (Å²) < 4.78 is 4.96. The molecule has 0 heterocycles. The Morgan fingerprint density at radius 1 is 1.37 bits per heavy atom. The minimum Gasteiger partial charge on any atom is -0.383 e. The maximum atomic E-state index is 11.9.